The molecule has 7 aromatic carbocycles. The van der Waals surface area contributed by atoms with Crippen molar-refractivity contribution >= 4 is 92.1 Å². The first-order chi connectivity index (χ1) is 24.5. The first-order valence-electron chi connectivity index (χ1n) is 17.9. The standard InChI is InChI=1S/C46H37B2NSi/c1-30-26-32(3)44(33(4)27-30)47-36-20-11-13-22-40(36)49-41-23-15-25-43-45(41)48(39-29-31(2)28-38(47)46(39)49)37-21-12-14-24-42(37)50(43,34-16-7-5-8-17-34)35-18-9-6-10-19-35/h5-29H,1-4H3. The van der Waals surface area contributed by atoms with Crippen molar-refractivity contribution in [2.75, 3.05) is 4.90 Å². The number of anilines is 3. The number of rotatable bonds is 3. The van der Waals surface area contributed by atoms with Gasteiger partial charge in [0, 0.05) is 17.1 Å². The molecule has 3 heterocycles. The summed E-state index contributed by atoms with van der Waals surface area (Å²) >= 11 is 0. The monoisotopic (exact) mass is 653 g/mol. The number of nitrogens with zero attached hydrogens (tertiary/aromatic N) is 1. The highest BCUT2D eigenvalue weighted by atomic mass is 28.3. The molecule has 0 fully saturated rings. The second-order valence-electron chi connectivity index (χ2n) is 14.7. The van der Waals surface area contributed by atoms with Crippen LogP contribution in [0.15, 0.2) is 152 Å². The Morgan fingerprint density at radius 2 is 0.920 bits per heavy atom. The number of para-hydroxylation sites is 1. The summed E-state index contributed by atoms with van der Waals surface area (Å²) < 4.78 is 0. The van der Waals surface area contributed by atoms with Gasteiger partial charge in [-0.05, 0) is 82.4 Å². The van der Waals surface area contributed by atoms with Crippen LogP contribution in [0.1, 0.15) is 22.3 Å². The van der Waals surface area contributed by atoms with Gasteiger partial charge in [-0.25, -0.2) is 0 Å². The molecular formula is C46H37B2NSi. The smallest absolute Gasteiger partial charge is 0.247 e. The van der Waals surface area contributed by atoms with E-state index in [1.54, 1.807) is 0 Å². The lowest BCUT2D eigenvalue weighted by Gasteiger charge is -2.49. The lowest BCUT2D eigenvalue weighted by Crippen LogP contribution is -2.87. The minimum absolute atomic E-state index is 0.140. The Hall–Kier alpha value is -5.31. The van der Waals surface area contributed by atoms with Crippen LogP contribution in [0.4, 0.5) is 17.1 Å². The van der Waals surface area contributed by atoms with Gasteiger partial charge >= 0.3 is 0 Å². The van der Waals surface area contributed by atoms with Gasteiger partial charge in [-0.2, -0.15) is 0 Å². The Balaban J connectivity index is 1.36. The average molecular weight is 654 g/mol. The Labute approximate surface area is 297 Å². The molecule has 3 aliphatic rings. The van der Waals surface area contributed by atoms with E-state index in [0.717, 1.165) is 0 Å². The second kappa shape index (κ2) is 10.8. The summed E-state index contributed by atoms with van der Waals surface area (Å²) in [4.78, 5) is 2.65. The van der Waals surface area contributed by atoms with E-state index in [2.05, 4.69) is 184 Å². The zero-order chi connectivity index (χ0) is 33.7. The zero-order valence-electron chi connectivity index (χ0n) is 29.0. The first kappa shape index (κ1) is 29.6. The molecule has 236 valence electrons. The third-order valence-corrected chi connectivity index (χ3v) is 16.7. The molecule has 4 heteroatoms. The molecule has 1 nitrogen and oxygen atoms in total. The first-order valence-corrected chi connectivity index (χ1v) is 19.9. The summed E-state index contributed by atoms with van der Waals surface area (Å²) in [7, 11) is -2.71. The van der Waals surface area contributed by atoms with E-state index in [1.165, 1.54) is 92.8 Å². The van der Waals surface area contributed by atoms with E-state index in [0.29, 0.717) is 0 Å². The molecule has 0 saturated heterocycles. The van der Waals surface area contributed by atoms with Crippen LogP contribution in [0.25, 0.3) is 0 Å². The molecule has 0 radical (unpaired) electrons. The summed E-state index contributed by atoms with van der Waals surface area (Å²) in [6.07, 6.45) is 0. The third-order valence-electron chi connectivity index (χ3n) is 11.8. The average Bonchev–Trinajstić information content (AvgIpc) is 3.14. The van der Waals surface area contributed by atoms with Crippen molar-refractivity contribution < 1.29 is 0 Å². The summed E-state index contributed by atoms with van der Waals surface area (Å²) in [5.41, 5.74) is 18.0. The van der Waals surface area contributed by atoms with Crippen LogP contribution in [-0.4, -0.2) is 21.5 Å². The summed E-state index contributed by atoms with van der Waals surface area (Å²) in [5.74, 6) is 0. The van der Waals surface area contributed by atoms with Gasteiger partial charge in [-0.1, -0.05) is 173 Å². The fraction of sp³-hybridized carbons (Fsp3) is 0.0870. The van der Waals surface area contributed by atoms with Gasteiger partial charge in [0.15, 0.2) is 8.07 Å². The highest BCUT2D eigenvalue weighted by Gasteiger charge is 2.54. The Morgan fingerprint density at radius 1 is 0.420 bits per heavy atom. The topological polar surface area (TPSA) is 3.24 Å². The van der Waals surface area contributed by atoms with Crippen molar-refractivity contribution in [3.05, 3.63) is 174 Å². The lowest BCUT2D eigenvalue weighted by atomic mass is 9.29. The minimum atomic E-state index is -2.71. The zero-order valence-corrected chi connectivity index (χ0v) is 30.0. The Morgan fingerprint density at radius 3 is 1.58 bits per heavy atom. The quantitative estimate of drug-likeness (QED) is 0.263. The summed E-state index contributed by atoms with van der Waals surface area (Å²) in [6.45, 7) is 9.43. The molecule has 50 heavy (non-hydrogen) atoms. The van der Waals surface area contributed by atoms with E-state index in [1.807, 2.05) is 0 Å². The Bertz CT molecular complexity index is 2440. The second-order valence-corrected chi connectivity index (χ2v) is 18.4. The maximum absolute atomic E-state index is 2.71. The van der Waals surface area contributed by atoms with Crippen LogP contribution in [0.3, 0.4) is 0 Å². The predicted molar refractivity (Wildman–Crippen MR) is 219 cm³/mol. The molecule has 0 unspecified atom stereocenters. The molecule has 0 amide bonds. The van der Waals surface area contributed by atoms with E-state index in [4.69, 9.17) is 0 Å². The molecule has 0 spiro atoms. The van der Waals surface area contributed by atoms with Gasteiger partial charge in [0.05, 0.1) is 0 Å². The predicted octanol–water partition coefficient (Wildman–Crippen LogP) is 3.74. The Kier molecular flexibility index (Phi) is 6.42. The van der Waals surface area contributed by atoms with Crippen molar-refractivity contribution in [3.8, 4) is 0 Å². The molecule has 0 saturated carbocycles. The highest BCUT2D eigenvalue weighted by Crippen LogP contribution is 2.38. The van der Waals surface area contributed by atoms with Gasteiger partial charge in [-0.3, -0.25) is 0 Å². The number of benzene rings is 7. The van der Waals surface area contributed by atoms with Crippen LogP contribution in [0, 0.1) is 27.7 Å². The largest absolute Gasteiger partial charge is 0.313 e. The number of hydrogen-bond acceptors (Lipinski definition) is 1. The van der Waals surface area contributed by atoms with Crippen LogP contribution < -0.4 is 58.4 Å². The summed E-state index contributed by atoms with van der Waals surface area (Å²) in [5, 5.41) is 5.89. The maximum atomic E-state index is 2.65. The van der Waals surface area contributed by atoms with E-state index in [-0.39, 0.29) is 13.4 Å². The van der Waals surface area contributed by atoms with E-state index < -0.39 is 8.07 Å². The van der Waals surface area contributed by atoms with E-state index in [9.17, 15) is 0 Å². The molecule has 0 bridgehead atoms. The number of aryl methyl sites for hydroxylation is 4. The fourth-order valence-corrected chi connectivity index (χ4v) is 15.5. The summed E-state index contributed by atoms with van der Waals surface area (Å²) in [6, 6.07) is 58.4. The number of hydrogen-bond donors (Lipinski definition) is 0. The van der Waals surface area contributed by atoms with Crippen LogP contribution in [-0.2, 0) is 0 Å². The maximum Gasteiger partial charge on any atom is 0.247 e. The van der Waals surface area contributed by atoms with Gasteiger partial charge in [0.2, 0.25) is 13.4 Å². The van der Waals surface area contributed by atoms with Gasteiger partial charge in [0.25, 0.3) is 0 Å². The van der Waals surface area contributed by atoms with E-state index >= 15 is 0 Å². The lowest BCUT2D eigenvalue weighted by molar-refractivity contribution is 1.29. The van der Waals surface area contributed by atoms with Crippen molar-refractivity contribution in [3.63, 3.8) is 0 Å². The van der Waals surface area contributed by atoms with Gasteiger partial charge in [0.1, 0.15) is 0 Å². The molecule has 0 atom stereocenters. The van der Waals surface area contributed by atoms with Crippen molar-refractivity contribution in [1.82, 2.24) is 0 Å². The normalized spacial score (nSPS) is 14.4. The SMILES string of the molecule is Cc1cc(C)c(B2c3ccccc3N3c4cccc5c4B(c4ccccc4[Si]5(c4ccccc4)c4ccccc4)c4cc(C)cc2c43)c(C)c1. The third kappa shape index (κ3) is 3.86. The molecule has 0 aliphatic carbocycles. The number of fused-ring (bicyclic) bond motifs is 6. The van der Waals surface area contributed by atoms with Gasteiger partial charge in [-0.15, -0.1) is 0 Å². The van der Waals surface area contributed by atoms with Crippen molar-refractivity contribution in [1.29, 1.82) is 0 Å². The van der Waals surface area contributed by atoms with Crippen molar-refractivity contribution in [2.24, 2.45) is 0 Å². The molecule has 0 aromatic heterocycles. The van der Waals surface area contributed by atoms with Crippen LogP contribution >= 0.6 is 0 Å². The minimum Gasteiger partial charge on any atom is -0.313 e. The highest BCUT2D eigenvalue weighted by molar-refractivity contribution is 7.26. The molecule has 10 rings (SSSR count). The van der Waals surface area contributed by atoms with Crippen molar-refractivity contribution in [2.45, 2.75) is 27.7 Å². The van der Waals surface area contributed by atoms with Crippen LogP contribution in [0.5, 0.6) is 0 Å². The molecule has 7 aromatic rings. The molecule has 3 aliphatic heterocycles. The molecule has 0 N–H and O–H groups in total. The fourth-order valence-electron chi connectivity index (χ4n) is 10.2. The van der Waals surface area contributed by atoms with Gasteiger partial charge < -0.3 is 4.90 Å². The molecular weight excluding hydrogens is 616 g/mol. The van der Waals surface area contributed by atoms with Crippen LogP contribution in [0.2, 0.25) is 0 Å².